The molecule has 0 bridgehead atoms. The zero-order valence-corrected chi connectivity index (χ0v) is 15.6. The van der Waals surface area contributed by atoms with Crippen molar-refractivity contribution in [2.24, 2.45) is 0 Å². The van der Waals surface area contributed by atoms with Crippen molar-refractivity contribution >= 4 is 14.3 Å². The molecule has 0 fully saturated rings. The van der Waals surface area contributed by atoms with Crippen molar-refractivity contribution in [1.29, 1.82) is 0 Å². The van der Waals surface area contributed by atoms with E-state index in [4.69, 9.17) is 9.16 Å². The molecule has 1 unspecified atom stereocenters. The van der Waals surface area contributed by atoms with Gasteiger partial charge in [0.25, 0.3) is 0 Å². The van der Waals surface area contributed by atoms with E-state index in [0.717, 1.165) is 5.56 Å². The molecule has 4 nitrogen and oxygen atoms in total. The molecule has 124 valence electrons. The summed E-state index contributed by atoms with van der Waals surface area (Å²) in [6, 6.07) is 9.54. The van der Waals surface area contributed by atoms with E-state index in [1.165, 1.54) is 7.11 Å². The van der Waals surface area contributed by atoms with Crippen LogP contribution >= 0.6 is 0 Å². The molecule has 0 saturated carbocycles. The second kappa shape index (κ2) is 7.90. The predicted molar refractivity (Wildman–Crippen MR) is 92.2 cm³/mol. The first-order chi connectivity index (χ1) is 10.2. The van der Waals surface area contributed by atoms with Crippen LogP contribution < -0.4 is 5.32 Å². The molecule has 0 amide bonds. The normalized spacial score (nSPS) is 13.7. The number of rotatable bonds is 7. The van der Waals surface area contributed by atoms with E-state index in [1.807, 2.05) is 30.3 Å². The van der Waals surface area contributed by atoms with Gasteiger partial charge in [0, 0.05) is 6.54 Å². The first-order valence-electron chi connectivity index (χ1n) is 7.66. The Balaban J connectivity index is 2.64. The van der Waals surface area contributed by atoms with Crippen LogP contribution in [0.4, 0.5) is 0 Å². The minimum absolute atomic E-state index is 0.118. The van der Waals surface area contributed by atoms with Crippen LogP contribution in [0.25, 0.3) is 0 Å². The summed E-state index contributed by atoms with van der Waals surface area (Å²) in [5.74, 6) is -0.283. The fourth-order valence-electron chi connectivity index (χ4n) is 1.70. The SMILES string of the molecule is COC(=O)C(CO[Si](C)(C)C(C)(C)C)NCc1ccccc1. The predicted octanol–water partition coefficient (Wildman–Crippen LogP) is 3.34. The Morgan fingerprint density at radius 1 is 1.23 bits per heavy atom. The summed E-state index contributed by atoms with van der Waals surface area (Å²) < 4.78 is 11.0. The van der Waals surface area contributed by atoms with Gasteiger partial charge in [0.2, 0.25) is 0 Å². The fourth-order valence-corrected chi connectivity index (χ4v) is 2.71. The Morgan fingerprint density at radius 2 is 1.82 bits per heavy atom. The molecule has 0 radical (unpaired) electrons. The molecule has 0 saturated heterocycles. The van der Waals surface area contributed by atoms with Crippen molar-refractivity contribution in [3.05, 3.63) is 35.9 Å². The van der Waals surface area contributed by atoms with Crippen LogP contribution in [0.3, 0.4) is 0 Å². The number of nitrogens with one attached hydrogen (secondary N) is 1. The highest BCUT2D eigenvalue weighted by Crippen LogP contribution is 2.36. The quantitative estimate of drug-likeness (QED) is 0.617. The lowest BCUT2D eigenvalue weighted by Gasteiger charge is -2.37. The van der Waals surface area contributed by atoms with Gasteiger partial charge < -0.3 is 9.16 Å². The zero-order chi connectivity index (χ0) is 16.8. The number of benzene rings is 1. The van der Waals surface area contributed by atoms with Crippen molar-refractivity contribution < 1.29 is 14.0 Å². The summed E-state index contributed by atoms with van der Waals surface area (Å²) in [5, 5.41) is 3.35. The number of ether oxygens (including phenoxy) is 1. The van der Waals surface area contributed by atoms with E-state index in [1.54, 1.807) is 0 Å². The number of carbonyl (C=O) groups excluding carboxylic acids is 1. The molecule has 22 heavy (non-hydrogen) atoms. The lowest BCUT2D eigenvalue weighted by Crippen LogP contribution is -2.47. The van der Waals surface area contributed by atoms with Gasteiger partial charge in [0.1, 0.15) is 6.04 Å². The van der Waals surface area contributed by atoms with E-state index < -0.39 is 14.4 Å². The Kier molecular flexibility index (Phi) is 6.78. The van der Waals surface area contributed by atoms with Gasteiger partial charge in [-0.15, -0.1) is 0 Å². The average molecular weight is 324 g/mol. The highest BCUT2D eigenvalue weighted by molar-refractivity contribution is 6.74. The van der Waals surface area contributed by atoms with Gasteiger partial charge in [-0.2, -0.15) is 0 Å². The number of methoxy groups -OCH3 is 1. The van der Waals surface area contributed by atoms with Crippen LogP contribution in [-0.4, -0.2) is 34.0 Å². The van der Waals surface area contributed by atoms with Crippen LogP contribution in [0.15, 0.2) is 30.3 Å². The maximum absolute atomic E-state index is 12.0. The van der Waals surface area contributed by atoms with Crippen LogP contribution in [0, 0.1) is 0 Å². The topological polar surface area (TPSA) is 47.6 Å². The Hall–Kier alpha value is -1.17. The monoisotopic (exact) mass is 323 g/mol. The first kappa shape index (κ1) is 18.9. The van der Waals surface area contributed by atoms with Gasteiger partial charge in [-0.25, -0.2) is 0 Å². The molecule has 1 aromatic rings. The maximum atomic E-state index is 12.0. The molecule has 1 atom stereocenters. The number of hydrogen-bond donors (Lipinski definition) is 1. The second-order valence-electron chi connectivity index (χ2n) is 7.01. The summed E-state index contributed by atoms with van der Waals surface area (Å²) in [6.45, 7) is 11.9. The van der Waals surface area contributed by atoms with Gasteiger partial charge in [-0.3, -0.25) is 10.1 Å². The summed E-state index contributed by atoms with van der Waals surface area (Å²) in [6.07, 6.45) is 0. The van der Waals surface area contributed by atoms with Crippen LogP contribution in [0.1, 0.15) is 26.3 Å². The molecule has 1 N–H and O–H groups in total. The van der Waals surface area contributed by atoms with Gasteiger partial charge in [0.05, 0.1) is 13.7 Å². The molecule has 0 spiro atoms. The zero-order valence-electron chi connectivity index (χ0n) is 14.6. The number of carbonyl (C=O) groups is 1. The van der Waals surface area contributed by atoms with Crippen molar-refractivity contribution in [3.8, 4) is 0 Å². The Morgan fingerprint density at radius 3 is 2.32 bits per heavy atom. The molecule has 5 heteroatoms. The van der Waals surface area contributed by atoms with Crippen molar-refractivity contribution in [2.45, 2.75) is 51.5 Å². The summed E-state index contributed by atoms with van der Waals surface area (Å²) >= 11 is 0. The molecule has 0 aliphatic rings. The standard InChI is InChI=1S/C17H29NO3Si/c1-17(2,3)22(5,6)21-13-15(16(19)20-4)18-12-14-10-8-7-9-11-14/h7-11,15,18H,12-13H2,1-6H3. The van der Waals surface area contributed by atoms with E-state index in [9.17, 15) is 4.79 Å². The lowest BCUT2D eigenvalue weighted by atomic mass is 10.2. The van der Waals surface area contributed by atoms with Crippen LogP contribution in [0.5, 0.6) is 0 Å². The van der Waals surface area contributed by atoms with Crippen molar-refractivity contribution in [2.75, 3.05) is 13.7 Å². The average Bonchev–Trinajstić information content (AvgIpc) is 2.46. The maximum Gasteiger partial charge on any atom is 0.325 e. The summed E-state index contributed by atoms with van der Waals surface area (Å²) in [7, 11) is -0.474. The largest absolute Gasteiger partial charge is 0.468 e. The number of hydrogen-bond acceptors (Lipinski definition) is 4. The Labute approximate surface area is 135 Å². The van der Waals surface area contributed by atoms with E-state index in [-0.39, 0.29) is 11.0 Å². The highest BCUT2D eigenvalue weighted by Gasteiger charge is 2.38. The van der Waals surface area contributed by atoms with E-state index in [2.05, 4.69) is 39.2 Å². The first-order valence-corrected chi connectivity index (χ1v) is 10.6. The van der Waals surface area contributed by atoms with Crippen LogP contribution in [-0.2, 0) is 20.5 Å². The second-order valence-corrected chi connectivity index (χ2v) is 11.8. The molecule has 0 aromatic heterocycles. The van der Waals surface area contributed by atoms with E-state index >= 15 is 0 Å². The highest BCUT2D eigenvalue weighted by atomic mass is 28.4. The third kappa shape index (κ3) is 5.55. The minimum atomic E-state index is -1.88. The third-order valence-corrected chi connectivity index (χ3v) is 8.80. The van der Waals surface area contributed by atoms with Gasteiger partial charge in [-0.1, -0.05) is 51.1 Å². The fraction of sp³-hybridized carbons (Fsp3) is 0.588. The molecule has 1 rings (SSSR count). The lowest BCUT2D eigenvalue weighted by molar-refractivity contribution is -0.144. The minimum Gasteiger partial charge on any atom is -0.468 e. The molecule has 0 aliphatic carbocycles. The van der Waals surface area contributed by atoms with Crippen LogP contribution in [0.2, 0.25) is 18.1 Å². The van der Waals surface area contributed by atoms with Crippen molar-refractivity contribution in [3.63, 3.8) is 0 Å². The Bertz CT molecular complexity index is 469. The number of esters is 1. The van der Waals surface area contributed by atoms with Gasteiger partial charge in [-0.05, 0) is 23.7 Å². The van der Waals surface area contributed by atoms with E-state index in [0.29, 0.717) is 13.2 Å². The van der Waals surface area contributed by atoms with Gasteiger partial charge >= 0.3 is 5.97 Å². The molecular weight excluding hydrogens is 294 g/mol. The molecule has 0 heterocycles. The molecular formula is C17H29NO3Si. The van der Waals surface area contributed by atoms with Crippen molar-refractivity contribution in [1.82, 2.24) is 5.32 Å². The van der Waals surface area contributed by atoms with Gasteiger partial charge in [0.15, 0.2) is 8.32 Å². The summed E-state index contributed by atoms with van der Waals surface area (Å²) in [5.41, 5.74) is 1.13. The smallest absolute Gasteiger partial charge is 0.325 e. The summed E-state index contributed by atoms with van der Waals surface area (Å²) in [4.78, 5) is 12.0. The molecule has 0 aliphatic heterocycles. The molecule has 1 aromatic carbocycles. The third-order valence-electron chi connectivity index (χ3n) is 4.30.